The molecule has 1 aromatic carbocycles. The number of aryl methyl sites for hydroxylation is 1. The van der Waals surface area contributed by atoms with Crippen molar-refractivity contribution in [2.75, 3.05) is 13.6 Å². The van der Waals surface area contributed by atoms with E-state index in [1.165, 1.54) is 12.5 Å². The highest BCUT2D eigenvalue weighted by molar-refractivity contribution is 5.29. The predicted molar refractivity (Wildman–Crippen MR) is 66.9 cm³/mol. The molecule has 0 bridgehead atoms. The molecule has 0 spiro atoms. The second kappa shape index (κ2) is 5.05. The molecular formula is C14H20FNO. The minimum atomic E-state index is -0.189. The lowest BCUT2D eigenvalue weighted by molar-refractivity contribution is -0.0141. The van der Waals surface area contributed by atoms with Gasteiger partial charge in [-0.05, 0) is 57.8 Å². The van der Waals surface area contributed by atoms with E-state index in [1.807, 2.05) is 13.1 Å². The highest BCUT2D eigenvalue weighted by atomic mass is 19.1. The average molecular weight is 237 g/mol. The minimum Gasteiger partial charge on any atom is -0.487 e. The van der Waals surface area contributed by atoms with Crippen LogP contribution in [-0.2, 0) is 0 Å². The maximum atomic E-state index is 13.4. The van der Waals surface area contributed by atoms with Crippen molar-refractivity contribution >= 4 is 0 Å². The molecule has 2 rings (SSSR count). The Hall–Kier alpha value is -1.09. The normalized spacial score (nSPS) is 17.6. The number of benzene rings is 1. The lowest BCUT2D eigenvalue weighted by Crippen LogP contribution is -2.45. The number of nitrogens with one attached hydrogen (secondary N) is 1. The van der Waals surface area contributed by atoms with Gasteiger partial charge < -0.3 is 10.1 Å². The zero-order valence-corrected chi connectivity index (χ0v) is 10.6. The Labute approximate surface area is 102 Å². The van der Waals surface area contributed by atoms with Crippen molar-refractivity contribution in [3.8, 4) is 5.75 Å². The third-order valence-electron chi connectivity index (χ3n) is 3.57. The molecule has 0 aromatic heterocycles. The number of rotatable bonds is 5. The molecule has 1 aliphatic rings. The van der Waals surface area contributed by atoms with Crippen molar-refractivity contribution in [2.24, 2.45) is 0 Å². The summed E-state index contributed by atoms with van der Waals surface area (Å²) in [6.45, 7) is 2.70. The molecule has 0 heterocycles. The van der Waals surface area contributed by atoms with Crippen LogP contribution in [0.4, 0.5) is 4.39 Å². The summed E-state index contributed by atoms with van der Waals surface area (Å²) in [5, 5.41) is 3.14. The van der Waals surface area contributed by atoms with E-state index in [9.17, 15) is 4.39 Å². The van der Waals surface area contributed by atoms with Crippen molar-refractivity contribution in [3.63, 3.8) is 0 Å². The molecule has 0 atom stereocenters. The SMILES string of the molecule is CNCCC1(Oc2ccc(C)c(F)c2)CCC1. The molecule has 3 heteroatoms. The Morgan fingerprint density at radius 2 is 2.18 bits per heavy atom. The van der Waals surface area contributed by atoms with E-state index in [0.717, 1.165) is 25.8 Å². The van der Waals surface area contributed by atoms with E-state index in [-0.39, 0.29) is 11.4 Å². The van der Waals surface area contributed by atoms with Crippen LogP contribution in [0.15, 0.2) is 18.2 Å². The topological polar surface area (TPSA) is 21.3 Å². The summed E-state index contributed by atoms with van der Waals surface area (Å²) in [6, 6.07) is 5.13. The van der Waals surface area contributed by atoms with E-state index >= 15 is 0 Å². The Kier molecular flexibility index (Phi) is 3.67. The van der Waals surface area contributed by atoms with Crippen LogP contribution in [-0.4, -0.2) is 19.2 Å². The van der Waals surface area contributed by atoms with Crippen molar-refractivity contribution in [3.05, 3.63) is 29.6 Å². The molecule has 17 heavy (non-hydrogen) atoms. The second-order valence-electron chi connectivity index (χ2n) is 4.90. The fourth-order valence-electron chi connectivity index (χ4n) is 2.21. The fourth-order valence-corrected chi connectivity index (χ4v) is 2.21. The van der Waals surface area contributed by atoms with Crippen molar-refractivity contribution in [1.82, 2.24) is 5.32 Å². The van der Waals surface area contributed by atoms with E-state index in [2.05, 4.69) is 5.32 Å². The van der Waals surface area contributed by atoms with Gasteiger partial charge in [0.15, 0.2) is 0 Å². The van der Waals surface area contributed by atoms with Gasteiger partial charge in [0.1, 0.15) is 17.2 Å². The Morgan fingerprint density at radius 1 is 1.41 bits per heavy atom. The Bertz CT molecular complexity index is 388. The number of ether oxygens (including phenoxy) is 1. The first-order chi connectivity index (χ1) is 8.15. The largest absolute Gasteiger partial charge is 0.487 e. The fraction of sp³-hybridized carbons (Fsp3) is 0.571. The van der Waals surface area contributed by atoms with Crippen LogP contribution in [0.1, 0.15) is 31.2 Å². The molecule has 0 amide bonds. The first-order valence-electron chi connectivity index (χ1n) is 6.25. The highest BCUT2D eigenvalue weighted by Crippen LogP contribution is 2.39. The minimum absolute atomic E-state index is 0.0648. The number of hydrogen-bond acceptors (Lipinski definition) is 2. The molecule has 1 saturated carbocycles. The summed E-state index contributed by atoms with van der Waals surface area (Å²) in [5.41, 5.74) is 0.597. The summed E-state index contributed by atoms with van der Waals surface area (Å²) in [7, 11) is 1.94. The quantitative estimate of drug-likeness (QED) is 0.850. The summed E-state index contributed by atoms with van der Waals surface area (Å²) in [5.74, 6) is 0.467. The molecule has 1 aromatic rings. The molecule has 0 aliphatic heterocycles. The molecule has 0 saturated heterocycles. The molecule has 0 unspecified atom stereocenters. The van der Waals surface area contributed by atoms with Gasteiger partial charge in [0.05, 0.1) is 0 Å². The van der Waals surface area contributed by atoms with Gasteiger partial charge in [-0.15, -0.1) is 0 Å². The summed E-state index contributed by atoms with van der Waals surface area (Å²) >= 11 is 0. The monoisotopic (exact) mass is 237 g/mol. The third kappa shape index (κ3) is 2.78. The van der Waals surface area contributed by atoms with Gasteiger partial charge in [-0.25, -0.2) is 4.39 Å². The molecule has 0 radical (unpaired) electrons. The predicted octanol–water partition coefficient (Wildman–Crippen LogP) is 3.05. The average Bonchev–Trinajstić information content (AvgIpc) is 2.27. The first-order valence-corrected chi connectivity index (χ1v) is 6.25. The lowest BCUT2D eigenvalue weighted by Gasteiger charge is -2.42. The van der Waals surface area contributed by atoms with Crippen molar-refractivity contribution in [1.29, 1.82) is 0 Å². The Morgan fingerprint density at radius 3 is 2.71 bits per heavy atom. The van der Waals surface area contributed by atoms with E-state index in [4.69, 9.17) is 4.74 Å². The zero-order valence-electron chi connectivity index (χ0n) is 10.6. The third-order valence-corrected chi connectivity index (χ3v) is 3.57. The second-order valence-corrected chi connectivity index (χ2v) is 4.90. The molecule has 94 valence electrons. The van der Waals surface area contributed by atoms with Gasteiger partial charge in [0, 0.05) is 6.07 Å². The zero-order chi connectivity index (χ0) is 12.3. The van der Waals surface area contributed by atoms with Crippen LogP contribution in [0.5, 0.6) is 5.75 Å². The van der Waals surface area contributed by atoms with Gasteiger partial charge >= 0.3 is 0 Å². The summed E-state index contributed by atoms with van der Waals surface area (Å²) in [4.78, 5) is 0. The number of hydrogen-bond donors (Lipinski definition) is 1. The van der Waals surface area contributed by atoms with E-state index in [1.54, 1.807) is 13.0 Å². The molecule has 1 fully saturated rings. The van der Waals surface area contributed by atoms with Crippen LogP contribution >= 0.6 is 0 Å². The highest BCUT2D eigenvalue weighted by Gasteiger charge is 2.38. The first kappa shape index (κ1) is 12.4. The van der Waals surface area contributed by atoms with Crippen LogP contribution in [0.3, 0.4) is 0 Å². The maximum absolute atomic E-state index is 13.4. The smallest absolute Gasteiger partial charge is 0.129 e. The van der Waals surface area contributed by atoms with Crippen LogP contribution in [0.2, 0.25) is 0 Å². The van der Waals surface area contributed by atoms with Gasteiger partial charge in [-0.1, -0.05) is 6.07 Å². The van der Waals surface area contributed by atoms with E-state index < -0.39 is 0 Å². The van der Waals surface area contributed by atoms with Crippen molar-refractivity contribution < 1.29 is 9.13 Å². The van der Waals surface area contributed by atoms with Gasteiger partial charge in [-0.2, -0.15) is 0 Å². The molecule has 1 aliphatic carbocycles. The van der Waals surface area contributed by atoms with Crippen molar-refractivity contribution in [2.45, 2.75) is 38.2 Å². The van der Waals surface area contributed by atoms with Gasteiger partial charge in [-0.3, -0.25) is 0 Å². The van der Waals surface area contributed by atoms with E-state index in [0.29, 0.717) is 11.3 Å². The standard InChI is InChI=1S/C14H20FNO/c1-11-4-5-12(10-13(11)15)17-14(6-3-7-14)8-9-16-2/h4-5,10,16H,3,6-9H2,1-2H3. The summed E-state index contributed by atoms with van der Waals surface area (Å²) in [6.07, 6.45) is 4.34. The molecule has 2 nitrogen and oxygen atoms in total. The maximum Gasteiger partial charge on any atom is 0.129 e. The van der Waals surface area contributed by atoms with Crippen LogP contribution in [0, 0.1) is 12.7 Å². The molecular weight excluding hydrogens is 217 g/mol. The number of halogens is 1. The van der Waals surface area contributed by atoms with Gasteiger partial charge in [0.2, 0.25) is 0 Å². The summed E-state index contributed by atoms with van der Waals surface area (Å²) < 4.78 is 19.4. The molecule has 1 N–H and O–H groups in total. The van der Waals surface area contributed by atoms with Crippen LogP contribution < -0.4 is 10.1 Å². The van der Waals surface area contributed by atoms with Gasteiger partial charge in [0.25, 0.3) is 0 Å². The van der Waals surface area contributed by atoms with Crippen LogP contribution in [0.25, 0.3) is 0 Å². The lowest BCUT2D eigenvalue weighted by atomic mass is 9.77. The Balaban J connectivity index is 2.05.